The number of carbonyl (C=O) groups excluding carboxylic acids is 1. The zero-order valence-electron chi connectivity index (χ0n) is 13.6. The highest BCUT2D eigenvalue weighted by Crippen LogP contribution is 2.31. The van der Waals surface area contributed by atoms with Crippen LogP contribution in [-0.4, -0.2) is 27.6 Å². The SMILES string of the molecule is COc1ccc2cc(S(C)(=O)=O)ccc2c1C(=O)c1ccc(F)cc1. The number of methoxy groups -OCH3 is 1. The van der Waals surface area contributed by atoms with E-state index in [1.165, 1.54) is 43.5 Å². The quantitative estimate of drug-likeness (QED) is 0.669. The zero-order valence-corrected chi connectivity index (χ0v) is 14.4. The first-order valence-electron chi connectivity index (χ1n) is 7.42. The number of hydrogen-bond acceptors (Lipinski definition) is 4. The van der Waals surface area contributed by atoms with Gasteiger partial charge in [-0.1, -0.05) is 12.1 Å². The molecule has 3 aromatic carbocycles. The van der Waals surface area contributed by atoms with E-state index in [9.17, 15) is 17.6 Å². The molecule has 0 aliphatic carbocycles. The number of hydrogen-bond donors (Lipinski definition) is 0. The molecular weight excluding hydrogens is 343 g/mol. The summed E-state index contributed by atoms with van der Waals surface area (Å²) in [4.78, 5) is 13.1. The first-order chi connectivity index (χ1) is 11.8. The minimum Gasteiger partial charge on any atom is -0.496 e. The second kappa shape index (κ2) is 6.29. The molecule has 0 amide bonds. The van der Waals surface area contributed by atoms with Crippen molar-refractivity contribution in [3.05, 3.63) is 71.5 Å². The lowest BCUT2D eigenvalue weighted by Crippen LogP contribution is -2.06. The molecule has 0 atom stereocenters. The highest BCUT2D eigenvalue weighted by atomic mass is 32.2. The third kappa shape index (κ3) is 3.25. The highest BCUT2D eigenvalue weighted by Gasteiger charge is 2.19. The summed E-state index contributed by atoms with van der Waals surface area (Å²) in [6, 6.07) is 13.1. The Morgan fingerprint density at radius 2 is 1.68 bits per heavy atom. The zero-order chi connectivity index (χ0) is 18.2. The predicted molar refractivity (Wildman–Crippen MR) is 93.4 cm³/mol. The van der Waals surface area contributed by atoms with E-state index in [2.05, 4.69) is 0 Å². The fraction of sp³-hybridized carbons (Fsp3) is 0.105. The van der Waals surface area contributed by atoms with Gasteiger partial charge in [0.15, 0.2) is 15.6 Å². The van der Waals surface area contributed by atoms with Crippen LogP contribution in [0.3, 0.4) is 0 Å². The van der Waals surface area contributed by atoms with Crippen LogP contribution in [0.5, 0.6) is 5.75 Å². The van der Waals surface area contributed by atoms with Gasteiger partial charge in [-0.3, -0.25) is 4.79 Å². The second-order valence-corrected chi connectivity index (χ2v) is 7.65. The molecule has 0 saturated heterocycles. The number of halogens is 1. The van der Waals surface area contributed by atoms with Gasteiger partial charge < -0.3 is 4.74 Å². The smallest absolute Gasteiger partial charge is 0.197 e. The van der Waals surface area contributed by atoms with E-state index in [0.29, 0.717) is 27.6 Å². The molecule has 0 fully saturated rings. The summed E-state index contributed by atoms with van der Waals surface area (Å²) in [5, 5.41) is 1.18. The van der Waals surface area contributed by atoms with Crippen LogP contribution in [0.1, 0.15) is 15.9 Å². The van der Waals surface area contributed by atoms with Crippen molar-refractivity contribution < 1.29 is 22.3 Å². The van der Waals surface area contributed by atoms with Crippen molar-refractivity contribution >= 4 is 26.4 Å². The Morgan fingerprint density at radius 3 is 2.28 bits per heavy atom. The minimum absolute atomic E-state index is 0.172. The molecule has 3 aromatic rings. The fourth-order valence-corrected chi connectivity index (χ4v) is 3.32. The molecule has 0 heterocycles. The summed E-state index contributed by atoms with van der Waals surface area (Å²) in [5.74, 6) is -0.386. The number of ketones is 1. The van der Waals surface area contributed by atoms with E-state index >= 15 is 0 Å². The van der Waals surface area contributed by atoms with Crippen LogP contribution in [0.25, 0.3) is 10.8 Å². The molecule has 3 rings (SSSR count). The van der Waals surface area contributed by atoms with E-state index in [4.69, 9.17) is 4.74 Å². The first-order valence-corrected chi connectivity index (χ1v) is 9.31. The maximum Gasteiger partial charge on any atom is 0.197 e. The van der Waals surface area contributed by atoms with Gasteiger partial charge in [0.25, 0.3) is 0 Å². The Hall–Kier alpha value is -2.73. The normalized spacial score (nSPS) is 11.5. The van der Waals surface area contributed by atoms with Gasteiger partial charge in [0.05, 0.1) is 17.6 Å². The molecule has 128 valence electrons. The van der Waals surface area contributed by atoms with Crippen molar-refractivity contribution in [1.82, 2.24) is 0 Å². The van der Waals surface area contributed by atoms with Gasteiger partial charge in [-0.25, -0.2) is 12.8 Å². The summed E-state index contributed by atoms with van der Waals surface area (Å²) < 4.78 is 41.9. The van der Waals surface area contributed by atoms with Crippen LogP contribution in [0.4, 0.5) is 4.39 Å². The van der Waals surface area contributed by atoms with Crippen molar-refractivity contribution in [2.24, 2.45) is 0 Å². The van der Waals surface area contributed by atoms with Crippen molar-refractivity contribution in [3.63, 3.8) is 0 Å². The molecule has 4 nitrogen and oxygen atoms in total. The van der Waals surface area contributed by atoms with E-state index < -0.39 is 15.7 Å². The van der Waals surface area contributed by atoms with Crippen LogP contribution in [0, 0.1) is 5.82 Å². The monoisotopic (exact) mass is 358 g/mol. The number of rotatable bonds is 4. The molecule has 0 radical (unpaired) electrons. The highest BCUT2D eigenvalue weighted by molar-refractivity contribution is 7.90. The third-order valence-electron chi connectivity index (χ3n) is 3.93. The van der Waals surface area contributed by atoms with Gasteiger partial charge in [-0.15, -0.1) is 0 Å². The summed E-state index contributed by atoms with van der Waals surface area (Å²) in [6.45, 7) is 0. The summed E-state index contributed by atoms with van der Waals surface area (Å²) >= 11 is 0. The lowest BCUT2D eigenvalue weighted by molar-refractivity contribution is 0.103. The Labute approximate surface area is 144 Å². The van der Waals surface area contributed by atoms with Crippen LogP contribution in [0.2, 0.25) is 0 Å². The topological polar surface area (TPSA) is 60.4 Å². The van der Waals surface area contributed by atoms with Crippen LogP contribution in [0.15, 0.2) is 59.5 Å². The standard InChI is InChI=1S/C19H15FO4S/c1-24-17-10-5-13-11-15(25(2,22)23)8-9-16(13)18(17)19(21)12-3-6-14(20)7-4-12/h3-11H,1-2H3. The largest absolute Gasteiger partial charge is 0.496 e. The van der Waals surface area contributed by atoms with Crippen molar-refractivity contribution in [1.29, 1.82) is 0 Å². The Balaban J connectivity index is 2.24. The van der Waals surface area contributed by atoms with Crippen molar-refractivity contribution in [2.45, 2.75) is 4.90 Å². The van der Waals surface area contributed by atoms with Gasteiger partial charge in [-0.05, 0) is 53.2 Å². The van der Waals surface area contributed by atoms with Gasteiger partial charge in [0.2, 0.25) is 0 Å². The Kier molecular flexibility index (Phi) is 4.30. The fourth-order valence-electron chi connectivity index (χ4n) is 2.67. The predicted octanol–water partition coefficient (Wildman–Crippen LogP) is 3.62. The number of ether oxygens (including phenoxy) is 1. The molecule has 0 bridgehead atoms. The molecule has 0 N–H and O–H groups in total. The Morgan fingerprint density at radius 1 is 1.00 bits per heavy atom. The molecule has 0 aliphatic heterocycles. The number of benzene rings is 3. The van der Waals surface area contributed by atoms with Gasteiger partial charge in [-0.2, -0.15) is 0 Å². The maximum atomic E-state index is 13.1. The maximum absolute atomic E-state index is 13.1. The average molecular weight is 358 g/mol. The van der Waals surface area contributed by atoms with Gasteiger partial charge in [0, 0.05) is 11.8 Å². The lowest BCUT2D eigenvalue weighted by Gasteiger charge is -2.12. The van der Waals surface area contributed by atoms with Gasteiger partial charge >= 0.3 is 0 Å². The van der Waals surface area contributed by atoms with Gasteiger partial charge in [0.1, 0.15) is 11.6 Å². The first kappa shape index (κ1) is 17.1. The second-order valence-electron chi connectivity index (χ2n) is 5.63. The van der Waals surface area contributed by atoms with Crippen molar-refractivity contribution in [3.8, 4) is 5.75 Å². The minimum atomic E-state index is -3.36. The molecule has 25 heavy (non-hydrogen) atoms. The summed E-state index contributed by atoms with van der Waals surface area (Å²) in [7, 11) is -1.91. The molecule has 0 aliphatic rings. The van der Waals surface area contributed by atoms with E-state index in [1.807, 2.05) is 0 Å². The summed E-state index contributed by atoms with van der Waals surface area (Å²) in [6.07, 6.45) is 1.13. The molecule has 0 unspecified atom stereocenters. The van der Waals surface area contributed by atoms with Crippen LogP contribution in [-0.2, 0) is 9.84 Å². The van der Waals surface area contributed by atoms with Crippen LogP contribution < -0.4 is 4.74 Å². The number of carbonyl (C=O) groups is 1. The molecule has 0 spiro atoms. The average Bonchev–Trinajstić information content (AvgIpc) is 2.59. The third-order valence-corrected chi connectivity index (χ3v) is 5.04. The number of sulfone groups is 1. The number of fused-ring (bicyclic) bond motifs is 1. The molecule has 0 aromatic heterocycles. The van der Waals surface area contributed by atoms with E-state index in [1.54, 1.807) is 18.2 Å². The molecular formula is C19H15FO4S. The molecule has 0 saturated carbocycles. The van der Waals surface area contributed by atoms with E-state index in [0.717, 1.165) is 6.26 Å². The van der Waals surface area contributed by atoms with Crippen LogP contribution >= 0.6 is 0 Å². The summed E-state index contributed by atoms with van der Waals surface area (Å²) in [5.41, 5.74) is 0.631. The lowest BCUT2D eigenvalue weighted by atomic mass is 9.96. The van der Waals surface area contributed by atoms with Crippen molar-refractivity contribution in [2.75, 3.05) is 13.4 Å². The molecule has 6 heteroatoms. The Bertz CT molecular complexity index is 1070. The van der Waals surface area contributed by atoms with E-state index in [-0.39, 0.29) is 10.7 Å².